The minimum Gasteiger partial charge on any atom is -0.365 e. The third kappa shape index (κ3) is 3.80. The summed E-state index contributed by atoms with van der Waals surface area (Å²) in [5, 5.41) is 0. The van der Waals surface area contributed by atoms with Crippen molar-refractivity contribution in [3.05, 3.63) is 71.0 Å². The van der Waals surface area contributed by atoms with Crippen LogP contribution in [0.3, 0.4) is 0 Å². The number of hydrogen-bond acceptors (Lipinski definition) is 2. The second kappa shape index (κ2) is 8.11. The molecule has 2 aromatic carbocycles. The zero-order valence-corrected chi connectivity index (χ0v) is 15.1. The lowest BCUT2D eigenvalue weighted by Crippen LogP contribution is -2.37. The molecule has 0 amide bonds. The van der Waals surface area contributed by atoms with E-state index in [1.165, 1.54) is 17.2 Å². The van der Waals surface area contributed by atoms with Gasteiger partial charge in [-0.2, -0.15) is 0 Å². The van der Waals surface area contributed by atoms with Crippen molar-refractivity contribution >= 4 is 12.4 Å². The molecular formula is C20H25ClFNO. The molecule has 0 saturated heterocycles. The first-order valence-corrected chi connectivity index (χ1v) is 8.25. The topological polar surface area (TPSA) is 12.5 Å². The molecule has 3 rings (SSSR count). The standard InChI is InChI=1S/C20H24FNO.ClH/c1-22(2)13-6-12-20(17-8-5-9-18(21)15-17)19-10-4-3-7-16(19)11-14-23-20;/h3-5,7-10,15H,6,11-14H2,1-2H3;1H. The molecular weight excluding hydrogens is 325 g/mol. The molecule has 130 valence electrons. The highest BCUT2D eigenvalue weighted by molar-refractivity contribution is 5.85. The fraction of sp³-hybridized carbons (Fsp3) is 0.400. The van der Waals surface area contributed by atoms with E-state index in [2.05, 4.69) is 37.2 Å². The summed E-state index contributed by atoms with van der Waals surface area (Å²) in [6, 6.07) is 15.3. The summed E-state index contributed by atoms with van der Waals surface area (Å²) in [5.41, 5.74) is 2.89. The van der Waals surface area contributed by atoms with Crippen LogP contribution in [0, 0.1) is 5.82 Å². The summed E-state index contributed by atoms with van der Waals surface area (Å²) >= 11 is 0. The fourth-order valence-corrected chi connectivity index (χ4v) is 3.52. The Morgan fingerprint density at radius 2 is 1.92 bits per heavy atom. The highest BCUT2D eigenvalue weighted by Gasteiger charge is 2.39. The Morgan fingerprint density at radius 3 is 2.67 bits per heavy atom. The molecule has 24 heavy (non-hydrogen) atoms. The van der Waals surface area contributed by atoms with Crippen LogP contribution in [-0.2, 0) is 16.8 Å². The van der Waals surface area contributed by atoms with Gasteiger partial charge in [0.1, 0.15) is 11.4 Å². The number of ether oxygens (including phenoxy) is 1. The summed E-state index contributed by atoms with van der Waals surface area (Å²) in [6.07, 6.45) is 2.77. The zero-order chi connectivity index (χ0) is 16.3. The van der Waals surface area contributed by atoms with Crippen LogP contribution in [0.5, 0.6) is 0 Å². The minimum atomic E-state index is -0.535. The normalized spacial score (nSPS) is 19.7. The Hall–Kier alpha value is -1.42. The average Bonchev–Trinajstić information content (AvgIpc) is 2.54. The third-order valence-electron chi connectivity index (χ3n) is 4.60. The lowest BCUT2D eigenvalue weighted by atomic mass is 9.78. The number of rotatable bonds is 5. The van der Waals surface area contributed by atoms with Crippen molar-refractivity contribution in [1.29, 1.82) is 0 Å². The summed E-state index contributed by atoms with van der Waals surface area (Å²) < 4.78 is 20.2. The Kier molecular flexibility index (Phi) is 6.39. The lowest BCUT2D eigenvalue weighted by Gasteiger charge is -2.40. The van der Waals surface area contributed by atoms with Gasteiger partial charge >= 0.3 is 0 Å². The van der Waals surface area contributed by atoms with Crippen LogP contribution in [0.25, 0.3) is 0 Å². The van der Waals surface area contributed by atoms with Gasteiger partial charge in [-0.15, -0.1) is 12.4 Å². The number of nitrogens with zero attached hydrogens (tertiary/aromatic N) is 1. The number of hydrogen-bond donors (Lipinski definition) is 0. The molecule has 0 aliphatic carbocycles. The molecule has 1 aliphatic rings. The average molecular weight is 350 g/mol. The van der Waals surface area contributed by atoms with Gasteiger partial charge in [0.15, 0.2) is 0 Å². The van der Waals surface area contributed by atoms with Gasteiger partial charge in [-0.1, -0.05) is 36.4 Å². The van der Waals surface area contributed by atoms with E-state index in [-0.39, 0.29) is 18.2 Å². The number of fused-ring (bicyclic) bond motifs is 1. The van der Waals surface area contributed by atoms with Crippen molar-refractivity contribution in [1.82, 2.24) is 4.90 Å². The second-order valence-corrected chi connectivity index (χ2v) is 6.50. The van der Waals surface area contributed by atoms with Gasteiger partial charge in [-0.05, 0) is 68.7 Å². The second-order valence-electron chi connectivity index (χ2n) is 6.50. The monoisotopic (exact) mass is 349 g/mol. The largest absolute Gasteiger partial charge is 0.365 e. The quantitative estimate of drug-likeness (QED) is 0.793. The number of benzene rings is 2. The van der Waals surface area contributed by atoms with Crippen molar-refractivity contribution in [2.75, 3.05) is 27.2 Å². The predicted molar refractivity (Wildman–Crippen MR) is 98.3 cm³/mol. The third-order valence-corrected chi connectivity index (χ3v) is 4.60. The van der Waals surface area contributed by atoms with Crippen molar-refractivity contribution in [2.45, 2.75) is 24.9 Å². The molecule has 1 heterocycles. The van der Waals surface area contributed by atoms with E-state index in [0.717, 1.165) is 31.4 Å². The van der Waals surface area contributed by atoms with Crippen molar-refractivity contribution in [2.24, 2.45) is 0 Å². The molecule has 2 nitrogen and oxygen atoms in total. The maximum Gasteiger partial charge on any atom is 0.123 e. The first kappa shape index (κ1) is 18.9. The molecule has 0 spiro atoms. The summed E-state index contributed by atoms with van der Waals surface area (Å²) in [6.45, 7) is 1.66. The van der Waals surface area contributed by atoms with Gasteiger partial charge in [0.25, 0.3) is 0 Å². The molecule has 0 aromatic heterocycles. The van der Waals surface area contributed by atoms with Gasteiger partial charge in [-0.25, -0.2) is 4.39 Å². The molecule has 0 bridgehead atoms. The summed E-state index contributed by atoms with van der Waals surface area (Å²) in [7, 11) is 4.15. The zero-order valence-electron chi connectivity index (χ0n) is 14.3. The number of halogens is 2. The Bertz CT molecular complexity index is 676. The highest BCUT2D eigenvalue weighted by atomic mass is 35.5. The molecule has 1 aliphatic heterocycles. The van der Waals surface area contributed by atoms with Crippen LogP contribution in [0.15, 0.2) is 48.5 Å². The predicted octanol–water partition coefficient (Wildman–Crippen LogP) is 4.41. The highest BCUT2D eigenvalue weighted by Crippen LogP contribution is 2.42. The van der Waals surface area contributed by atoms with Crippen LogP contribution in [-0.4, -0.2) is 32.1 Å². The van der Waals surface area contributed by atoms with Crippen LogP contribution in [0.2, 0.25) is 0 Å². The van der Waals surface area contributed by atoms with E-state index >= 15 is 0 Å². The van der Waals surface area contributed by atoms with Crippen LogP contribution < -0.4 is 0 Å². The van der Waals surface area contributed by atoms with Gasteiger partial charge in [0.05, 0.1) is 6.61 Å². The van der Waals surface area contributed by atoms with Crippen LogP contribution >= 0.6 is 12.4 Å². The smallest absolute Gasteiger partial charge is 0.123 e. The molecule has 2 aromatic rings. The maximum atomic E-state index is 13.9. The van der Waals surface area contributed by atoms with E-state index in [1.54, 1.807) is 12.1 Å². The Balaban J connectivity index is 0.00000208. The molecule has 0 radical (unpaired) electrons. The Morgan fingerprint density at radius 1 is 1.12 bits per heavy atom. The van der Waals surface area contributed by atoms with Crippen molar-refractivity contribution in [3.8, 4) is 0 Å². The van der Waals surface area contributed by atoms with Gasteiger partial charge in [0, 0.05) is 0 Å². The molecule has 0 N–H and O–H groups in total. The van der Waals surface area contributed by atoms with E-state index < -0.39 is 5.60 Å². The van der Waals surface area contributed by atoms with Crippen molar-refractivity contribution < 1.29 is 9.13 Å². The molecule has 1 atom stereocenters. The minimum absolute atomic E-state index is 0. The summed E-state index contributed by atoms with van der Waals surface area (Å²) in [5.74, 6) is -0.207. The van der Waals surface area contributed by atoms with Crippen LogP contribution in [0.4, 0.5) is 4.39 Å². The first-order chi connectivity index (χ1) is 11.1. The first-order valence-electron chi connectivity index (χ1n) is 8.25. The molecule has 1 unspecified atom stereocenters. The lowest BCUT2D eigenvalue weighted by molar-refractivity contribution is -0.0369. The van der Waals surface area contributed by atoms with Crippen molar-refractivity contribution in [3.63, 3.8) is 0 Å². The summed E-state index contributed by atoms with van der Waals surface area (Å²) in [4.78, 5) is 2.17. The van der Waals surface area contributed by atoms with E-state index in [0.29, 0.717) is 6.61 Å². The van der Waals surface area contributed by atoms with Gasteiger partial charge in [0.2, 0.25) is 0 Å². The molecule has 0 saturated carbocycles. The van der Waals surface area contributed by atoms with Gasteiger partial charge < -0.3 is 9.64 Å². The van der Waals surface area contributed by atoms with E-state index in [4.69, 9.17) is 4.74 Å². The Labute approximate surface area is 150 Å². The van der Waals surface area contributed by atoms with E-state index in [1.807, 2.05) is 12.1 Å². The molecule has 4 heteroatoms. The van der Waals surface area contributed by atoms with Crippen LogP contribution in [0.1, 0.15) is 29.5 Å². The maximum absolute atomic E-state index is 13.9. The molecule has 0 fully saturated rings. The SMILES string of the molecule is CN(C)CCCC1(c2cccc(F)c2)OCCc2ccccc21.Cl. The van der Waals surface area contributed by atoms with E-state index in [9.17, 15) is 4.39 Å². The fourth-order valence-electron chi connectivity index (χ4n) is 3.52. The van der Waals surface area contributed by atoms with Gasteiger partial charge in [-0.3, -0.25) is 0 Å².